The second kappa shape index (κ2) is 10.4. The maximum absolute atomic E-state index is 12.6. The zero-order valence-electron chi connectivity index (χ0n) is 19.3. The van der Waals surface area contributed by atoms with Gasteiger partial charge in [-0.2, -0.15) is 0 Å². The molecule has 4 rings (SSSR count). The van der Waals surface area contributed by atoms with Gasteiger partial charge in [0.25, 0.3) is 5.91 Å². The minimum absolute atomic E-state index is 0. The molecule has 2 aromatic carbocycles. The van der Waals surface area contributed by atoms with Gasteiger partial charge in [0.15, 0.2) is 5.69 Å². The van der Waals surface area contributed by atoms with Crippen molar-refractivity contribution >= 4 is 34.9 Å². The summed E-state index contributed by atoms with van der Waals surface area (Å²) in [5.41, 5.74) is 5.16. The molecular weight excluding hydrogens is 440 g/mol. The number of H-pyrrole nitrogens is 1. The van der Waals surface area contributed by atoms with Crippen molar-refractivity contribution in [2.75, 3.05) is 19.6 Å². The van der Waals surface area contributed by atoms with Crippen LogP contribution in [0.25, 0.3) is 10.9 Å². The van der Waals surface area contributed by atoms with Gasteiger partial charge < -0.3 is 20.1 Å². The lowest BCUT2D eigenvalue weighted by molar-refractivity contribution is -0.119. The van der Waals surface area contributed by atoms with Crippen LogP contribution in [0.4, 0.5) is 5.69 Å². The number of hydrogen-bond donors (Lipinski definition) is 3. The summed E-state index contributed by atoms with van der Waals surface area (Å²) in [6, 6.07) is 8.63. The van der Waals surface area contributed by atoms with E-state index in [0.717, 1.165) is 53.6 Å². The molecule has 7 nitrogen and oxygen atoms in total. The standard InChI is InChI=1S/C25H30N4O3.ClH/c1-15-14-19(10-13-29-11-4-5-12-29)16(2)21-22(15)26-25(32)23(21)27-28-24(31)17(3)18-6-8-20(30)9-7-18;/h6-9,14,17,26,30,32H,4-5,10-13H2,1-3H3;1H. The summed E-state index contributed by atoms with van der Waals surface area (Å²) in [7, 11) is 0. The van der Waals surface area contributed by atoms with E-state index < -0.39 is 11.8 Å². The van der Waals surface area contributed by atoms with Crippen LogP contribution >= 0.6 is 12.4 Å². The highest BCUT2D eigenvalue weighted by Crippen LogP contribution is 2.40. The number of aryl methyl sites for hydroxylation is 2. The van der Waals surface area contributed by atoms with E-state index in [0.29, 0.717) is 5.69 Å². The summed E-state index contributed by atoms with van der Waals surface area (Å²) in [6.07, 6.45) is 3.47. The number of phenolic OH excluding ortho intramolecular Hbond substituents is 1. The normalized spacial score (nSPS) is 15.2. The molecular formula is C25H31ClN4O3. The van der Waals surface area contributed by atoms with Crippen molar-refractivity contribution < 1.29 is 15.0 Å². The Kier molecular flexibility index (Phi) is 7.76. The molecule has 3 aromatic rings. The molecule has 1 aliphatic heterocycles. The summed E-state index contributed by atoms with van der Waals surface area (Å²) in [6.45, 7) is 9.12. The third kappa shape index (κ3) is 5.20. The van der Waals surface area contributed by atoms with Crippen LogP contribution < -0.4 is 0 Å². The van der Waals surface area contributed by atoms with Crippen LogP contribution in [0.3, 0.4) is 0 Å². The first-order chi connectivity index (χ1) is 15.3. The van der Waals surface area contributed by atoms with Crippen LogP contribution in [-0.4, -0.2) is 45.6 Å². The predicted molar refractivity (Wildman–Crippen MR) is 132 cm³/mol. The quantitative estimate of drug-likeness (QED) is 0.404. The molecule has 0 aliphatic carbocycles. The first-order valence-corrected chi connectivity index (χ1v) is 11.2. The molecule has 1 fully saturated rings. The summed E-state index contributed by atoms with van der Waals surface area (Å²) >= 11 is 0. The Morgan fingerprint density at radius 1 is 1.15 bits per heavy atom. The third-order valence-electron chi connectivity index (χ3n) is 6.50. The van der Waals surface area contributed by atoms with E-state index >= 15 is 0 Å². The first-order valence-electron chi connectivity index (χ1n) is 11.2. The van der Waals surface area contributed by atoms with Crippen molar-refractivity contribution in [3.05, 3.63) is 52.6 Å². The van der Waals surface area contributed by atoms with E-state index in [-0.39, 0.29) is 24.0 Å². The smallest absolute Gasteiger partial charge is 0.271 e. The number of amides is 1. The number of carbonyl (C=O) groups excluding carboxylic acids is 1. The van der Waals surface area contributed by atoms with E-state index in [9.17, 15) is 15.0 Å². The molecule has 1 atom stereocenters. The number of likely N-dealkylation sites (tertiary alicyclic amines) is 1. The number of carbonyl (C=O) groups is 1. The van der Waals surface area contributed by atoms with Gasteiger partial charge in [0, 0.05) is 11.9 Å². The lowest BCUT2D eigenvalue weighted by Gasteiger charge is -2.16. The number of rotatable bonds is 6. The predicted octanol–water partition coefficient (Wildman–Crippen LogP) is 5.67. The summed E-state index contributed by atoms with van der Waals surface area (Å²) in [5, 5.41) is 28.9. The molecule has 2 heterocycles. The zero-order valence-corrected chi connectivity index (χ0v) is 20.1. The Morgan fingerprint density at radius 3 is 2.48 bits per heavy atom. The molecule has 1 saturated heterocycles. The molecule has 3 N–H and O–H groups in total. The minimum Gasteiger partial charge on any atom is -0.508 e. The van der Waals surface area contributed by atoms with Gasteiger partial charge in [-0.15, -0.1) is 22.6 Å². The molecule has 1 aromatic heterocycles. The monoisotopic (exact) mass is 470 g/mol. The number of phenols is 1. The summed E-state index contributed by atoms with van der Waals surface area (Å²) in [4.78, 5) is 18.1. The van der Waals surface area contributed by atoms with Crippen molar-refractivity contribution in [1.29, 1.82) is 0 Å². The number of fused-ring (bicyclic) bond motifs is 1. The number of aromatic nitrogens is 1. The number of nitrogens with zero attached hydrogens (tertiary/aromatic N) is 3. The Bertz CT molecular complexity index is 1160. The molecule has 0 spiro atoms. The Morgan fingerprint density at radius 2 is 1.82 bits per heavy atom. The molecule has 176 valence electrons. The Hall–Kier alpha value is -2.90. The van der Waals surface area contributed by atoms with Crippen molar-refractivity contribution in [1.82, 2.24) is 9.88 Å². The number of benzene rings is 2. The second-order valence-electron chi connectivity index (χ2n) is 8.70. The topological polar surface area (TPSA) is 101 Å². The number of aromatic amines is 1. The molecule has 1 aliphatic rings. The zero-order chi connectivity index (χ0) is 22.8. The molecule has 8 heteroatoms. The highest BCUT2D eigenvalue weighted by atomic mass is 35.5. The number of azo groups is 1. The van der Waals surface area contributed by atoms with Crippen molar-refractivity contribution in [3.63, 3.8) is 0 Å². The molecule has 0 saturated carbocycles. The van der Waals surface area contributed by atoms with Crippen LogP contribution in [-0.2, 0) is 11.2 Å². The Balaban J connectivity index is 0.00000306. The van der Waals surface area contributed by atoms with Crippen LogP contribution in [0.15, 0.2) is 40.6 Å². The van der Waals surface area contributed by atoms with Gasteiger partial charge in [0.2, 0.25) is 5.88 Å². The van der Waals surface area contributed by atoms with Gasteiger partial charge in [0.05, 0.1) is 11.4 Å². The van der Waals surface area contributed by atoms with Gasteiger partial charge >= 0.3 is 0 Å². The van der Waals surface area contributed by atoms with Crippen LogP contribution in [0.1, 0.15) is 47.9 Å². The fourth-order valence-electron chi connectivity index (χ4n) is 4.47. The molecule has 1 amide bonds. The average Bonchev–Trinajstić information content (AvgIpc) is 3.41. The van der Waals surface area contributed by atoms with Crippen molar-refractivity contribution in [2.24, 2.45) is 10.2 Å². The highest BCUT2D eigenvalue weighted by molar-refractivity contribution is 5.99. The number of hydrogen-bond acceptors (Lipinski definition) is 5. The average molecular weight is 471 g/mol. The van der Waals surface area contributed by atoms with Crippen LogP contribution in [0.5, 0.6) is 11.6 Å². The van der Waals surface area contributed by atoms with Gasteiger partial charge in [-0.1, -0.05) is 18.2 Å². The highest BCUT2D eigenvalue weighted by Gasteiger charge is 2.20. The largest absolute Gasteiger partial charge is 0.508 e. The third-order valence-corrected chi connectivity index (χ3v) is 6.50. The van der Waals surface area contributed by atoms with E-state index in [2.05, 4.69) is 26.2 Å². The van der Waals surface area contributed by atoms with Gasteiger partial charge in [-0.05, 0) is 87.5 Å². The van der Waals surface area contributed by atoms with Gasteiger partial charge in [-0.3, -0.25) is 4.79 Å². The van der Waals surface area contributed by atoms with Crippen LogP contribution in [0.2, 0.25) is 0 Å². The van der Waals surface area contributed by atoms with E-state index in [4.69, 9.17) is 0 Å². The van der Waals surface area contributed by atoms with Crippen LogP contribution in [0, 0.1) is 13.8 Å². The van der Waals surface area contributed by atoms with Crippen molar-refractivity contribution in [3.8, 4) is 11.6 Å². The SMILES string of the molecule is Cc1cc(CCN2CCCC2)c(C)c2c(N=NC(=O)C(C)c3ccc(O)cc3)c(O)[nH]c12.Cl. The fraction of sp³-hybridized carbons (Fsp3) is 0.400. The molecule has 0 bridgehead atoms. The lowest BCUT2D eigenvalue weighted by atomic mass is 9.97. The Labute approximate surface area is 199 Å². The minimum atomic E-state index is -0.509. The summed E-state index contributed by atoms with van der Waals surface area (Å²) in [5.74, 6) is -0.864. The maximum atomic E-state index is 12.6. The first kappa shape index (κ1) is 24.7. The number of halogens is 1. The number of nitrogens with one attached hydrogen (secondary N) is 1. The maximum Gasteiger partial charge on any atom is 0.271 e. The van der Waals surface area contributed by atoms with E-state index in [1.54, 1.807) is 19.1 Å². The van der Waals surface area contributed by atoms with E-state index in [1.807, 2.05) is 13.8 Å². The number of aromatic hydroxyl groups is 2. The molecule has 33 heavy (non-hydrogen) atoms. The van der Waals surface area contributed by atoms with Crippen molar-refractivity contribution in [2.45, 2.75) is 46.0 Å². The van der Waals surface area contributed by atoms with E-state index in [1.165, 1.54) is 30.5 Å². The molecule has 1 unspecified atom stereocenters. The lowest BCUT2D eigenvalue weighted by Crippen LogP contribution is -2.22. The van der Waals surface area contributed by atoms with Gasteiger partial charge in [-0.25, -0.2) is 0 Å². The summed E-state index contributed by atoms with van der Waals surface area (Å²) < 4.78 is 0. The van der Waals surface area contributed by atoms with Gasteiger partial charge in [0.1, 0.15) is 5.75 Å². The fourth-order valence-corrected chi connectivity index (χ4v) is 4.47. The molecule has 0 radical (unpaired) electrons. The second-order valence-corrected chi connectivity index (χ2v) is 8.70.